The van der Waals surface area contributed by atoms with Gasteiger partial charge < -0.3 is 16.0 Å². The molecule has 0 radical (unpaired) electrons. The maximum absolute atomic E-state index is 12.3. The summed E-state index contributed by atoms with van der Waals surface area (Å²) < 4.78 is 0. The van der Waals surface area contributed by atoms with Crippen LogP contribution < -0.4 is 16.0 Å². The molecule has 0 spiro atoms. The molecule has 3 heterocycles. The van der Waals surface area contributed by atoms with Crippen LogP contribution in [-0.4, -0.2) is 132 Å². The summed E-state index contributed by atoms with van der Waals surface area (Å²) in [6.07, 6.45) is -0.421. The first-order valence-electron chi connectivity index (χ1n) is 14.9. The van der Waals surface area contributed by atoms with Crippen LogP contribution in [0, 0.1) is 0 Å². The van der Waals surface area contributed by atoms with Gasteiger partial charge in [0.1, 0.15) is 0 Å². The molecule has 0 aromatic heterocycles. The van der Waals surface area contributed by atoms with E-state index in [2.05, 4.69) is 35.7 Å². The summed E-state index contributed by atoms with van der Waals surface area (Å²) in [4.78, 5) is 113. The zero-order chi connectivity index (χ0) is 34.0. The monoisotopic (exact) mass is 641 g/mol. The Morgan fingerprint density at radius 3 is 1.00 bits per heavy atom. The van der Waals surface area contributed by atoms with Crippen molar-refractivity contribution in [1.29, 1.82) is 0 Å². The largest absolute Gasteiger partial charge is 0.355 e. The molecule has 248 valence electrons. The minimum atomic E-state index is -0.485. The molecule has 0 unspecified atom stereocenters. The van der Waals surface area contributed by atoms with E-state index in [0.717, 1.165) is 14.7 Å². The molecule has 16 nitrogen and oxygen atoms in total. The average Bonchev–Trinajstić information content (AvgIpc) is 3.50. The molecular weight excluding hydrogens is 602 g/mol. The fourth-order valence-electron chi connectivity index (χ4n) is 4.95. The number of carbonyl (C=O) groups excluding carboxylic acids is 9. The highest BCUT2D eigenvalue weighted by Gasteiger charge is 2.34. The second-order valence-electron chi connectivity index (χ2n) is 11.0. The highest BCUT2D eigenvalue weighted by molar-refractivity contribution is 6.14. The summed E-state index contributed by atoms with van der Waals surface area (Å²) >= 11 is 0. The molecule has 3 aliphatic heterocycles. The number of amides is 9. The van der Waals surface area contributed by atoms with Gasteiger partial charge >= 0.3 is 0 Å². The minimum absolute atomic E-state index is 0.0585. The summed E-state index contributed by atoms with van der Waals surface area (Å²) in [5.74, 6) is -3.77. The van der Waals surface area contributed by atoms with Crippen molar-refractivity contribution < 1.29 is 43.2 Å². The fraction of sp³-hybridized carbons (Fsp3) is 0.500. The zero-order valence-electron chi connectivity index (χ0n) is 25.7. The normalized spacial score (nSPS) is 16.9. The first-order valence-corrected chi connectivity index (χ1v) is 14.9. The zero-order valence-corrected chi connectivity index (χ0v) is 25.7. The fourth-order valence-corrected chi connectivity index (χ4v) is 4.95. The van der Waals surface area contributed by atoms with Gasteiger partial charge in [0.15, 0.2) is 0 Å². The standard InChI is InChI=1S/C30H39N7O9/c1-19-16-25(41)35(28(19)44)10-4-22(38)31-7-13-34(14-8-32-23(39)5-11-36-26(42)17-20(2)29(36)45)15-9-33-24(40)6-12-37-27(43)18-21(3)30(37)46/h1-18H2,(H,31,38)(H,32,39)(H,33,40). The molecule has 0 bridgehead atoms. The summed E-state index contributed by atoms with van der Waals surface area (Å²) in [5, 5.41) is 8.17. The van der Waals surface area contributed by atoms with Gasteiger partial charge in [-0.1, -0.05) is 19.7 Å². The van der Waals surface area contributed by atoms with E-state index < -0.39 is 35.4 Å². The Kier molecular flexibility index (Phi) is 12.6. The van der Waals surface area contributed by atoms with Crippen LogP contribution in [0.5, 0.6) is 0 Å². The lowest BCUT2D eigenvalue weighted by Crippen LogP contribution is -2.44. The molecule has 3 saturated heterocycles. The number of hydrogen-bond donors (Lipinski definition) is 3. The van der Waals surface area contributed by atoms with Crippen molar-refractivity contribution in [3.8, 4) is 0 Å². The van der Waals surface area contributed by atoms with Crippen LogP contribution in [0.3, 0.4) is 0 Å². The van der Waals surface area contributed by atoms with E-state index in [9.17, 15) is 43.2 Å². The molecule has 16 heteroatoms. The van der Waals surface area contributed by atoms with Gasteiger partial charge in [0.2, 0.25) is 35.4 Å². The van der Waals surface area contributed by atoms with Crippen molar-refractivity contribution in [2.24, 2.45) is 0 Å². The van der Waals surface area contributed by atoms with Crippen molar-refractivity contribution >= 4 is 53.2 Å². The molecule has 0 aromatic rings. The number of nitrogens with zero attached hydrogens (tertiary/aromatic N) is 4. The second-order valence-corrected chi connectivity index (χ2v) is 11.0. The number of nitrogens with one attached hydrogen (secondary N) is 3. The van der Waals surface area contributed by atoms with Gasteiger partial charge in [-0.05, 0) is 0 Å². The third kappa shape index (κ3) is 9.76. The minimum Gasteiger partial charge on any atom is -0.355 e. The lowest BCUT2D eigenvalue weighted by atomic mass is 10.3. The number of hydrogen-bond acceptors (Lipinski definition) is 10. The predicted octanol–water partition coefficient (Wildman–Crippen LogP) is -2.25. The van der Waals surface area contributed by atoms with E-state index >= 15 is 0 Å². The topological polar surface area (TPSA) is 203 Å². The number of imide groups is 3. The van der Waals surface area contributed by atoms with Gasteiger partial charge in [-0.2, -0.15) is 0 Å². The van der Waals surface area contributed by atoms with E-state index in [0.29, 0.717) is 19.6 Å². The maximum Gasteiger partial charge on any atom is 0.256 e. The van der Waals surface area contributed by atoms with Crippen molar-refractivity contribution in [1.82, 2.24) is 35.6 Å². The van der Waals surface area contributed by atoms with Gasteiger partial charge in [0.05, 0.1) is 19.3 Å². The molecule has 0 saturated carbocycles. The SMILES string of the molecule is C=C1CC(=O)N(CCC(=O)NCCN(CCNC(=O)CCN2C(=O)CC(=C)C2=O)CCNC(=O)CCN2C(=O)CC(=C)C2=O)C1=O. The van der Waals surface area contributed by atoms with Gasteiger partial charge in [0, 0.05) is 94.9 Å². The second kappa shape index (κ2) is 16.4. The third-order valence-electron chi connectivity index (χ3n) is 7.58. The van der Waals surface area contributed by atoms with Crippen molar-refractivity contribution in [2.45, 2.75) is 38.5 Å². The summed E-state index contributed by atoms with van der Waals surface area (Å²) in [5.41, 5.74) is 0.564. The average molecular weight is 642 g/mol. The lowest BCUT2D eigenvalue weighted by molar-refractivity contribution is -0.140. The Hall–Kier alpha value is -4.99. The highest BCUT2D eigenvalue weighted by atomic mass is 16.2. The third-order valence-corrected chi connectivity index (χ3v) is 7.58. The van der Waals surface area contributed by atoms with Crippen LogP contribution >= 0.6 is 0 Å². The lowest BCUT2D eigenvalue weighted by Gasteiger charge is -2.23. The van der Waals surface area contributed by atoms with Crippen molar-refractivity contribution in [2.75, 3.05) is 58.9 Å². The number of rotatable bonds is 18. The molecule has 3 N–H and O–H groups in total. The van der Waals surface area contributed by atoms with E-state index in [1.807, 2.05) is 4.90 Å². The number of carbonyl (C=O) groups is 9. The first kappa shape index (κ1) is 35.5. The quantitative estimate of drug-likeness (QED) is 0.108. The summed E-state index contributed by atoms with van der Waals surface area (Å²) in [7, 11) is 0. The van der Waals surface area contributed by atoms with Gasteiger partial charge in [0.25, 0.3) is 17.7 Å². The Morgan fingerprint density at radius 1 is 0.522 bits per heavy atom. The number of likely N-dealkylation sites (tertiary alicyclic amines) is 3. The van der Waals surface area contributed by atoms with E-state index in [1.165, 1.54) is 0 Å². The van der Waals surface area contributed by atoms with Crippen LogP contribution in [-0.2, 0) is 43.2 Å². The smallest absolute Gasteiger partial charge is 0.256 e. The molecule has 9 amide bonds. The van der Waals surface area contributed by atoms with Gasteiger partial charge in [-0.3, -0.25) is 62.8 Å². The molecular formula is C30H39N7O9. The Balaban J connectivity index is 1.42. The van der Waals surface area contributed by atoms with E-state index in [1.54, 1.807) is 0 Å². The molecule has 3 aliphatic rings. The molecule has 0 atom stereocenters. The van der Waals surface area contributed by atoms with Crippen molar-refractivity contribution in [3.05, 3.63) is 36.5 Å². The summed E-state index contributed by atoms with van der Waals surface area (Å²) in [6, 6.07) is 0. The molecule has 0 aromatic carbocycles. The molecule has 46 heavy (non-hydrogen) atoms. The van der Waals surface area contributed by atoms with Crippen LogP contribution in [0.2, 0.25) is 0 Å². The van der Waals surface area contributed by atoms with Crippen LogP contribution in [0.1, 0.15) is 38.5 Å². The molecule has 3 rings (SSSR count). The summed E-state index contributed by atoms with van der Waals surface area (Å²) in [6.45, 7) is 12.0. The molecule has 3 fully saturated rings. The Labute approximate surface area is 265 Å². The molecule has 0 aliphatic carbocycles. The Bertz CT molecular complexity index is 1210. The maximum atomic E-state index is 12.3. The van der Waals surface area contributed by atoms with Crippen LogP contribution in [0.4, 0.5) is 0 Å². The van der Waals surface area contributed by atoms with E-state index in [-0.39, 0.29) is 112 Å². The van der Waals surface area contributed by atoms with Crippen LogP contribution in [0.15, 0.2) is 36.5 Å². The first-order chi connectivity index (χ1) is 21.8. The van der Waals surface area contributed by atoms with Gasteiger partial charge in [-0.25, -0.2) is 0 Å². The van der Waals surface area contributed by atoms with Gasteiger partial charge in [-0.15, -0.1) is 0 Å². The Morgan fingerprint density at radius 2 is 0.783 bits per heavy atom. The predicted molar refractivity (Wildman–Crippen MR) is 161 cm³/mol. The van der Waals surface area contributed by atoms with Crippen molar-refractivity contribution in [3.63, 3.8) is 0 Å². The van der Waals surface area contributed by atoms with Crippen LogP contribution in [0.25, 0.3) is 0 Å². The van der Waals surface area contributed by atoms with E-state index in [4.69, 9.17) is 0 Å². The highest BCUT2D eigenvalue weighted by Crippen LogP contribution is 2.18.